The zero-order valence-electron chi connectivity index (χ0n) is 12.4. The van der Waals surface area contributed by atoms with E-state index in [2.05, 4.69) is 9.97 Å². The fourth-order valence-electron chi connectivity index (χ4n) is 2.48. The summed E-state index contributed by atoms with van der Waals surface area (Å²) < 4.78 is 7.78. The van der Waals surface area contributed by atoms with E-state index in [1.807, 2.05) is 41.8 Å². The molecular formula is C17H17N3O2. The number of hydrogen-bond acceptors (Lipinski definition) is 4. The van der Waals surface area contributed by atoms with Gasteiger partial charge in [0.15, 0.2) is 0 Å². The normalized spacial score (nSPS) is 15.9. The van der Waals surface area contributed by atoms with E-state index in [1.54, 1.807) is 12.5 Å². The summed E-state index contributed by atoms with van der Waals surface area (Å²) in [4.78, 5) is 8.62. The molecule has 1 aliphatic rings. The molecule has 5 heteroatoms. The molecule has 1 aliphatic carbocycles. The molecule has 1 N–H and O–H groups in total. The third-order valence-electron chi connectivity index (χ3n) is 3.99. The molecule has 4 rings (SSSR count). The second-order valence-corrected chi connectivity index (χ2v) is 6.02. The molecule has 22 heavy (non-hydrogen) atoms. The van der Waals surface area contributed by atoms with E-state index in [1.165, 1.54) is 0 Å². The molecule has 0 radical (unpaired) electrons. The third-order valence-corrected chi connectivity index (χ3v) is 3.99. The van der Waals surface area contributed by atoms with Crippen LogP contribution in [-0.2, 0) is 6.54 Å². The zero-order valence-corrected chi connectivity index (χ0v) is 12.4. The van der Waals surface area contributed by atoms with Gasteiger partial charge in [-0.25, -0.2) is 9.97 Å². The minimum Gasteiger partial charge on any atom is -0.439 e. The molecule has 112 valence electrons. The molecule has 0 bridgehead atoms. The summed E-state index contributed by atoms with van der Waals surface area (Å²) in [6, 6.07) is 9.56. The first kappa shape index (κ1) is 13.3. The van der Waals surface area contributed by atoms with Gasteiger partial charge in [-0.05, 0) is 37.5 Å². The Labute approximate surface area is 128 Å². The van der Waals surface area contributed by atoms with Crippen LogP contribution >= 0.6 is 0 Å². The quantitative estimate of drug-likeness (QED) is 0.803. The Bertz CT molecular complexity index is 820. The van der Waals surface area contributed by atoms with Crippen molar-refractivity contribution in [3.8, 4) is 11.6 Å². The van der Waals surface area contributed by atoms with E-state index < -0.39 is 5.60 Å². The number of nitrogens with zero attached hydrogens (tertiary/aromatic N) is 3. The lowest BCUT2D eigenvalue weighted by Gasteiger charge is -2.10. The molecule has 2 heterocycles. The number of pyridine rings is 1. The van der Waals surface area contributed by atoms with Crippen LogP contribution in [0.25, 0.3) is 11.0 Å². The van der Waals surface area contributed by atoms with Crippen molar-refractivity contribution in [2.75, 3.05) is 0 Å². The number of fused-ring (bicyclic) bond motifs is 1. The summed E-state index contributed by atoms with van der Waals surface area (Å²) in [5.41, 5.74) is 2.40. The van der Waals surface area contributed by atoms with Gasteiger partial charge in [-0.3, -0.25) is 0 Å². The van der Waals surface area contributed by atoms with Crippen molar-refractivity contribution in [2.24, 2.45) is 0 Å². The molecule has 3 aromatic rings. The fraction of sp³-hybridized carbons (Fsp3) is 0.294. The second-order valence-electron chi connectivity index (χ2n) is 6.02. The summed E-state index contributed by atoms with van der Waals surface area (Å²) in [6.07, 6.45) is 5.27. The molecule has 1 saturated carbocycles. The fourth-order valence-corrected chi connectivity index (χ4v) is 2.48. The van der Waals surface area contributed by atoms with Crippen molar-refractivity contribution in [1.29, 1.82) is 0 Å². The van der Waals surface area contributed by atoms with Gasteiger partial charge < -0.3 is 14.4 Å². The van der Waals surface area contributed by atoms with Crippen LogP contribution in [0.4, 0.5) is 0 Å². The van der Waals surface area contributed by atoms with Gasteiger partial charge in [0.1, 0.15) is 5.75 Å². The maximum Gasteiger partial charge on any atom is 0.219 e. The van der Waals surface area contributed by atoms with Gasteiger partial charge in [0.05, 0.1) is 29.5 Å². The SMILES string of the molecule is Cc1ccc(Oc2ccc3ncn(CC4(O)CC4)c3c2)nc1. The van der Waals surface area contributed by atoms with E-state index >= 15 is 0 Å². The van der Waals surface area contributed by atoms with E-state index in [0.717, 1.165) is 29.4 Å². The maximum absolute atomic E-state index is 10.1. The van der Waals surface area contributed by atoms with Crippen molar-refractivity contribution in [2.45, 2.75) is 31.9 Å². The maximum atomic E-state index is 10.1. The largest absolute Gasteiger partial charge is 0.439 e. The van der Waals surface area contributed by atoms with Crippen LogP contribution in [0.3, 0.4) is 0 Å². The van der Waals surface area contributed by atoms with Crippen LogP contribution in [-0.4, -0.2) is 25.2 Å². The molecule has 1 fully saturated rings. The van der Waals surface area contributed by atoms with Crippen LogP contribution in [0, 0.1) is 6.92 Å². The highest BCUT2D eigenvalue weighted by atomic mass is 16.5. The predicted octanol–water partition coefficient (Wildman–Crippen LogP) is 3.06. The lowest BCUT2D eigenvalue weighted by molar-refractivity contribution is 0.131. The predicted molar refractivity (Wildman–Crippen MR) is 83.0 cm³/mol. The molecule has 0 spiro atoms. The van der Waals surface area contributed by atoms with Gasteiger partial charge in [-0.15, -0.1) is 0 Å². The number of aromatic nitrogens is 3. The van der Waals surface area contributed by atoms with Crippen LogP contribution in [0.5, 0.6) is 11.6 Å². The van der Waals surface area contributed by atoms with Crippen LogP contribution in [0.15, 0.2) is 42.9 Å². The lowest BCUT2D eigenvalue weighted by Crippen LogP contribution is -2.16. The van der Waals surface area contributed by atoms with Crippen LogP contribution < -0.4 is 4.74 Å². The van der Waals surface area contributed by atoms with Crippen LogP contribution in [0.1, 0.15) is 18.4 Å². The molecule has 0 aliphatic heterocycles. The highest BCUT2D eigenvalue weighted by molar-refractivity contribution is 5.77. The lowest BCUT2D eigenvalue weighted by atomic mass is 10.2. The number of benzene rings is 1. The summed E-state index contributed by atoms with van der Waals surface area (Å²) >= 11 is 0. The van der Waals surface area contributed by atoms with Gasteiger partial charge >= 0.3 is 0 Å². The van der Waals surface area contributed by atoms with E-state index in [-0.39, 0.29) is 0 Å². The van der Waals surface area contributed by atoms with E-state index in [4.69, 9.17) is 4.74 Å². The first-order valence-electron chi connectivity index (χ1n) is 7.39. The molecule has 0 amide bonds. The Morgan fingerprint density at radius 2 is 2.09 bits per heavy atom. The van der Waals surface area contributed by atoms with Gasteiger partial charge in [0.2, 0.25) is 5.88 Å². The Morgan fingerprint density at radius 3 is 2.82 bits per heavy atom. The van der Waals surface area contributed by atoms with E-state index in [0.29, 0.717) is 18.2 Å². The molecule has 1 aromatic carbocycles. The molecular weight excluding hydrogens is 278 g/mol. The van der Waals surface area contributed by atoms with Crippen molar-refractivity contribution < 1.29 is 9.84 Å². The first-order valence-corrected chi connectivity index (χ1v) is 7.39. The van der Waals surface area contributed by atoms with Gasteiger partial charge in [-0.2, -0.15) is 0 Å². The standard InChI is InChI=1S/C17H17N3O2/c1-12-2-5-16(18-9-12)22-13-3-4-14-15(8-13)20(11-19-14)10-17(21)6-7-17/h2-5,8-9,11,21H,6-7,10H2,1H3. The summed E-state index contributed by atoms with van der Waals surface area (Å²) in [7, 11) is 0. The Hall–Kier alpha value is -2.40. The minimum absolute atomic E-state index is 0.553. The number of hydrogen-bond donors (Lipinski definition) is 1. The zero-order chi connectivity index (χ0) is 15.2. The van der Waals surface area contributed by atoms with Crippen molar-refractivity contribution in [3.63, 3.8) is 0 Å². The highest BCUT2D eigenvalue weighted by Gasteiger charge is 2.40. The Kier molecular flexibility index (Phi) is 2.90. The van der Waals surface area contributed by atoms with Crippen molar-refractivity contribution in [1.82, 2.24) is 14.5 Å². The van der Waals surface area contributed by atoms with Gasteiger partial charge in [0, 0.05) is 18.3 Å². The van der Waals surface area contributed by atoms with Crippen molar-refractivity contribution >= 4 is 11.0 Å². The molecule has 0 saturated heterocycles. The summed E-state index contributed by atoms with van der Waals surface area (Å²) in [5.74, 6) is 1.28. The number of imidazole rings is 1. The average molecular weight is 295 g/mol. The highest BCUT2D eigenvalue weighted by Crippen LogP contribution is 2.37. The number of ether oxygens (including phenoxy) is 1. The molecule has 2 aromatic heterocycles. The summed E-state index contributed by atoms with van der Waals surface area (Å²) in [5, 5.41) is 10.1. The topological polar surface area (TPSA) is 60.2 Å². The first-order chi connectivity index (χ1) is 10.6. The number of aliphatic hydroxyl groups is 1. The van der Waals surface area contributed by atoms with Crippen molar-refractivity contribution in [3.05, 3.63) is 48.4 Å². The third kappa shape index (κ3) is 2.55. The molecule has 5 nitrogen and oxygen atoms in total. The van der Waals surface area contributed by atoms with Gasteiger partial charge in [0.25, 0.3) is 0 Å². The Morgan fingerprint density at radius 1 is 1.23 bits per heavy atom. The molecule has 0 atom stereocenters. The monoisotopic (exact) mass is 295 g/mol. The summed E-state index contributed by atoms with van der Waals surface area (Å²) in [6.45, 7) is 2.57. The number of aryl methyl sites for hydroxylation is 1. The van der Waals surface area contributed by atoms with Crippen LogP contribution in [0.2, 0.25) is 0 Å². The average Bonchev–Trinajstić information content (AvgIpc) is 3.11. The molecule has 0 unspecified atom stereocenters. The second kappa shape index (κ2) is 4.81. The minimum atomic E-state index is -0.553. The smallest absolute Gasteiger partial charge is 0.219 e. The Balaban J connectivity index is 1.64. The van der Waals surface area contributed by atoms with E-state index in [9.17, 15) is 5.11 Å². The van der Waals surface area contributed by atoms with Gasteiger partial charge in [-0.1, -0.05) is 6.07 Å². The number of rotatable bonds is 4.